The van der Waals surface area contributed by atoms with Crippen LogP contribution in [0, 0.1) is 0 Å². The van der Waals surface area contributed by atoms with Crippen LogP contribution in [0.15, 0.2) is 29.3 Å². The topological polar surface area (TPSA) is 38.7 Å². The highest BCUT2D eigenvalue weighted by atomic mass is 16.5. The van der Waals surface area contributed by atoms with E-state index >= 15 is 0 Å². The average Bonchev–Trinajstić information content (AvgIpc) is 2.28. The third-order valence-corrected chi connectivity index (χ3v) is 2.33. The Morgan fingerprint density at radius 2 is 2.24 bits per heavy atom. The van der Waals surface area contributed by atoms with E-state index in [4.69, 9.17) is 4.74 Å². The largest absolute Gasteiger partial charge is 0.465 e. The zero-order valence-electron chi connectivity index (χ0n) is 10.6. The lowest BCUT2D eigenvalue weighted by Crippen LogP contribution is -2.00. The second-order valence-corrected chi connectivity index (χ2v) is 4.19. The average molecular weight is 233 g/mol. The molecular weight excluding hydrogens is 214 g/mol. The molecule has 0 bridgehead atoms. The van der Waals surface area contributed by atoms with Crippen LogP contribution in [0.1, 0.15) is 38.7 Å². The molecule has 0 N–H and O–H groups in total. The molecule has 0 amide bonds. The van der Waals surface area contributed by atoms with Gasteiger partial charge in [0.25, 0.3) is 0 Å². The van der Waals surface area contributed by atoms with Gasteiger partial charge in [-0.2, -0.15) is 0 Å². The molecule has 0 radical (unpaired) electrons. The summed E-state index contributed by atoms with van der Waals surface area (Å²) in [6.45, 7) is 6.11. The summed E-state index contributed by atoms with van der Waals surface area (Å²) in [5, 5.41) is 0. The van der Waals surface area contributed by atoms with E-state index in [1.54, 1.807) is 6.21 Å². The number of carbonyl (C=O) groups is 1. The number of rotatable bonds is 5. The third-order valence-electron chi connectivity index (χ3n) is 2.33. The van der Waals surface area contributed by atoms with Crippen LogP contribution in [-0.4, -0.2) is 18.8 Å². The number of carbonyl (C=O) groups excluding carboxylic acids is 1. The normalized spacial score (nSPS) is 11.1. The van der Waals surface area contributed by atoms with E-state index in [1.165, 1.54) is 12.5 Å². The Balaban J connectivity index is 2.48. The first-order chi connectivity index (χ1) is 8.09. The molecule has 3 heteroatoms. The Morgan fingerprint density at radius 3 is 2.88 bits per heavy atom. The maximum atomic E-state index is 10.5. The first-order valence-corrected chi connectivity index (χ1v) is 5.85. The number of nitrogens with zero attached hydrogens (tertiary/aromatic N) is 1. The summed E-state index contributed by atoms with van der Waals surface area (Å²) < 4.78 is 4.81. The molecule has 3 nitrogen and oxygen atoms in total. The van der Waals surface area contributed by atoms with Gasteiger partial charge in [-0.05, 0) is 23.6 Å². The van der Waals surface area contributed by atoms with Crippen LogP contribution in [0.2, 0.25) is 0 Å². The van der Waals surface area contributed by atoms with Crippen molar-refractivity contribution in [1.29, 1.82) is 0 Å². The summed E-state index contributed by atoms with van der Waals surface area (Å²) >= 11 is 0. The van der Waals surface area contributed by atoms with Gasteiger partial charge in [-0.25, -0.2) is 0 Å². The van der Waals surface area contributed by atoms with E-state index < -0.39 is 0 Å². The number of esters is 1. The molecule has 92 valence electrons. The molecule has 17 heavy (non-hydrogen) atoms. The van der Waals surface area contributed by atoms with Gasteiger partial charge in [-0.1, -0.05) is 26.0 Å². The molecule has 0 saturated heterocycles. The highest BCUT2D eigenvalue weighted by Gasteiger charge is 1.98. The van der Waals surface area contributed by atoms with E-state index in [-0.39, 0.29) is 5.97 Å². The molecule has 1 aromatic rings. The van der Waals surface area contributed by atoms with Crippen molar-refractivity contribution in [1.82, 2.24) is 0 Å². The molecule has 0 aliphatic rings. The summed E-state index contributed by atoms with van der Waals surface area (Å²) in [5.74, 6) is 0.256. The van der Waals surface area contributed by atoms with Crippen molar-refractivity contribution in [2.45, 2.75) is 33.1 Å². The summed E-state index contributed by atoms with van der Waals surface area (Å²) in [6.07, 6.45) is 2.42. The zero-order chi connectivity index (χ0) is 12.7. The lowest BCUT2D eigenvalue weighted by molar-refractivity contribution is -0.140. The molecule has 0 aromatic heterocycles. The van der Waals surface area contributed by atoms with Gasteiger partial charge in [0.2, 0.25) is 0 Å². The fraction of sp³-hybridized carbons (Fsp3) is 0.429. The fourth-order valence-corrected chi connectivity index (χ4v) is 1.39. The zero-order valence-corrected chi connectivity index (χ0v) is 10.6. The Bertz CT molecular complexity index is 397. The summed E-state index contributed by atoms with van der Waals surface area (Å²) in [5.41, 5.74) is 2.22. The molecule has 0 heterocycles. The predicted molar refractivity (Wildman–Crippen MR) is 69.9 cm³/mol. The van der Waals surface area contributed by atoms with E-state index in [0.717, 1.165) is 5.69 Å². The van der Waals surface area contributed by atoms with E-state index in [0.29, 0.717) is 18.9 Å². The van der Waals surface area contributed by atoms with Crippen LogP contribution < -0.4 is 0 Å². The molecule has 0 atom stereocenters. The van der Waals surface area contributed by atoms with Crippen molar-refractivity contribution >= 4 is 17.9 Å². The number of hydrogen-bond donors (Lipinski definition) is 0. The SMILES string of the molecule is CC(=O)OCCC=Nc1cccc(C(C)C)c1. The van der Waals surface area contributed by atoms with Crippen molar-refractivity contribution in [3.8, 4) is 0 Å². The maximum Gasteiger partial charge on any atom is 0.302 e. The Labute approximate surface area is 103 Å². The van der Waals surface area contributed by atoms with E-state index in [2.05, 4.69) is 31.0 Å². The van der Waals surface area contributed by atoms with Gasteiger partial charge in [0.15, 0.2) is 0 Å². The van der Waals surface area contributed by atoms with Gasteiger partial charge in [-0.3, -0.25) is 9.79 Å². The standard InChI is InChI=1S/C14H19NO2/c1-11(2)13-6-4-7-14(10-13)15-8-5-9-17-12(3)16/h4,6-8,10-11H,5,9H2,1-3H3. The van der Waals surface area contributed by atoms with E-state index in [1.807, 2.05) is 12.1 Å². The van der Waals surface area contributed by atoms with E-state index in [9.17, 15) is 4.79 Å². The third kappa shape index (κ3) is 5.29. The van der Waals surface area contributed by atoms with Gasteiger partial charge in [0.05, 0.1) is 12.3 Å². The van der Waals surface area contributed by atoms with Gasteiger partial charge < -0.3 is 4.74 Å². The number of hydrogen-bond acceptors (Lipinski definition) is 3. The molecule has 0 fully saturated rings. The Hall–Kier alpha value is -1.64. The summed E-state index contributed by atoms with van der Waals surface area (Å²) in [7, 11) is 0. The maximum absolute atomic E-state index is 10.5. The van der Waals surface area contributed by atoms with Crippen LogP contribution >= 0.6 is 0 Å². The molecule has 0 saturated carbocycles. The van der Waals surface area contributed by atoms with Crippen molar-refractivity contribution in [2.75, 3.05) is 6.61 Å². The fourth-order valence-electron chi connectivity index (χ4n) is 1.39. The highest BCUT2D eigenvalue weighted by Crippen LogP contribution is 2.20. The monoisotopic (exact) mass is 233 g/mol. The Kier molecular flexibility index (Phi) is 5.40. The first-order valence-electron chi connectivity index (χ1n) is 5.85. The highest BCUT2D eigenvalue weighted by molar-refractivity contribution is 5.67. The van der Waals surface area contributed by atoms with Gasteiger partial charge in [0, 0.05) is 19.6 Å². The van der Waals surface area contributed by atoms with Crippen LogP contribution in [0.5, 0.6) is 0 Å². The molecule has 0 aliphatic carbocycles. The molecule has 0 unspecified atom stereocenters. The van der Waals surface area contributed by atoms with Gasteiger partial charge in [0.1, 0.15) is 0 Å². The second-order valence-electron chi connectivity index (χ2n) is 4.19. The van der Waals surface area contributed by atoms with Crippen molar-refractivity contribution < 1.29 is 9.53 Å². The minimum atomic E-state index is -0.250. The van der Waals surface area contributed by atoms with Crippen LogP contribution in [-0.2, 0) is 9.53 Å². The molecule has 1 rings (SSSR count). The quantitative estimate of drug-likeness (QED) is 0.444. The van der Waals surface area contributed by atoms with Crippen LogP contribution in [0.3, 0.4) is 0 Å². The number of benzene rings is 1. The number of aliphatic imine (C=N–C) groups is 1. The first kappa shape index (κ1) is 13.4. The smallest absolute Gasteiger partial charge is 0.302 e. The molecule has 1 aromatic carbocycles. The molecule has 0 spiro atoms. The summed E-state index contributed by atoms with van der Waals surface area (Å²) in [6, 6.07) is 8.15. The Morgan fingerprint density at radius 1 is 1.47 bits per heavy atom. The second kappa shape index (κ2) is 6.84. The summed E-state index contributed by atoms with van der Waals surface area (Å²) in [4.78, 5) is 14.9. The van der Waals surface area contributed by atoms with Crippen molar-refractivity contribution in [3.63, 3.8) is 0 Å². The molecule has 0 aliphatic heterocycles. The van der Waals surface area contributed by atoms with Crippen LogP contribution in [0.25, 0.3) is 0 Å². The lowest BCUT2D eigenvalue weighted by Gasteiger charge is -2.05. The minimum Gasteiger partial charge on any atom is -0.465 e. The lowest BCUT2D eigenvalue weighted by atomic mass is 10.0. The minimum absolute atomic E-state index is 0.250. The number of ether oxygens (including phenoxy) is 1. The molecular formula is C14H19NO2. The predicted octanol–water partition coefficient (Wildman–Crippen LogP) is 3.47. The van der Waals surface area contributed by atoms with Crippen LogP contribution in [0.4, 0.5) is 5.69 Å². The van der Waals surface area contributed by atoms with Gasteiger partial charge in [-0.15, -0.1) is 0 Å². The van der Waals surface area contributed by atoms with Crippen molar-refractivity contribution in [3.05, 3.63) is 29.8 Å². The van der Waals surface area contributed by atoms with Crippen molar-refractivity contribution in [2.24, 2.45) is 4.99 Å². The van der Waals surface area contributed by atoms with Gasteiger partial charge >= 0.3 is 5.97 Å².